The minimum absolute atomic E-state index is 0.0427. The minimum Gasteiger partial charge on any atom is -0.299 e. The number of hydrogen-bond acceptors (Lipinski definition) is 7. The molecule has 9 heteroatoms. The van der Waals surface area contributed by atoms with Crippen LogP contribution in [0.15, 0.2) is 63.7 Å². The average molecular weight is 429 g/mol. The van der Waals surface area contributed by atoms with Crippen LogP contribution in [0.5, 0.6) is 0 Å². The Hall–Kier alpha value is -2.49. The van der Waals surface area contributed by atoms with Crippen LogP contribution in [0.3, 0.4) is 0 Å². The van der Waals surface area contributed by atoms with Crippen molar-refractivity contribution in [3.63, 3.8) is 0 Å². The molecule has 0 aliphatic rings. The van der Waals surface area contributed by atoms with Gasteiger partial charge in [-0.3, -0.25) is 19.5 Å². The Morgan fingerprint density at radius 3 is 2.68 bits per heavy atom. The summed E-state index contributed by atoms with van der Waals surface area (Å²) in [5, 5.41) is 11.3. The zero-order valence-corrected chi connectivity index (χ0v) is 17.1. The summed E-state index contributed by atoms with van der Waals surface area (Å²) in [7, 11) is 0. The quantitative estimate of drug-likeness (QED) is 0.357. The Morgan fingerprint density at radius 2 is 1.82 bits per heavy atom. The largest absolute Gasteiger partial charge is 0.308 e. The van der Waals surface area contributed by atoms with Gasteiger partial charge >= 0.3 is 4.87 Å². The molecule has 0 atom stereocenters. The predicted octanol–water partition coefficient (Wildman–Crippen LogP) is 3.89. The number of carbonyl (C=O) groups excluding carboxylic acids is 1. The standard InChI is InChI=1S/C19H16N4O2S3/c24-16(12-23-14-8-4-5-9-15(14)27-19(23)25)20-17-21-22-18(28-17)26-11-10-13-6-2-1-3-7-13/h1-9H,10-12H2,(H,20,21,24). The van der Waals surface area contributed by atoms with Crippen LogP contribution in [-0.2, 0) is 17.8 Å². The summed E-state index contributed by atoms with van der Waals surface area (Å²) < 4.78 is 3.16. The van der Waals surface area contributed by atoms with Gasteiger partial charge in [0.1, 0.15) is 6.54 Å². The summed E-state index contributed by atoms with van der Waals surface area (Å²) in [6.45, 7) is -0.0427. The number of aromatic nitrogens is 3. The van der Waals surface area contributed by atoms with E-state index in [4.69, 9.17) is 0 Å². The van der Waals surface area contributed by atoms with Crippen molar-refractivity contribution in [1.29, 1.82) is 0 Å². The zero-order chi connectivity index (χ0) is 19.3. The first kappa shape index (κ1) is 18.9. The zero-order valence-electron chi connectivity index (χ0n) is 14.7. The Bertz CT molecular complexity index is 1150. The molecular formula is C19H16N4O2S3. The highest BCUT2D eigenvalue weighted by Crippen LogP contribution is 2.26. The van der Waals surface area contributed by atoms with Crippen molar-refractivity contribution in [2.45, 2.75) is 17.3 Å². The van der Waals surface area contributed by atoms with E-state index in [9.17, 15) is 9.59 Å². The molecule has 0 aliphatic heterocycles. The second kappa shape index (κ2) is 8.68. The van der Waals surface area contributed by atoms with Crippen LogP contribution in [0, 0.1) is 0 Å². The van der Waals surface area contributed by atoms with Crippen molar-refractivity contribution in [2.75, 3.05) is 11.1 Å². The second-order valence-corrected chi connectivity index (χ2v) is 9.24. The molecule has 1 N–H and O–H groups in total. The number of hydrogen-bond donors (Lipinski definition) is 1. The SMILES string of the molecule is O=C(Cn1c(=O)sc2ccccc21)Nc1nnc(SCCc2ccccc2)s1. The van der Waals surface area contributed by atoms with E-state index in [1.165, 1.54) is 21.5 Å². The number of rotatable bonds is 7. The first-order valence-electron chi connectivity index (χ1n) is 8.57. The fourth-order valence-electron chi connectivity index (χ4n) is 2.69. The molecule has 4 rings (SSSR count). The molecule has 0 spiro atoms. The predicted molar refractivity (Wildman–Crippen MR) is 115 cm³/mol. The number of thioether (sulfide) groups is 1. The smallest absolute Gasteiger partial charge is 0.299 e. The minimum atomic E-state index is -0.289. The van der Waals surface area contributed by atoms with E-state index in [0.717, 1.165) is 38.1 Å². The highest BCUT2D eigenvalue weighted by molar-refractivity contribution is 8.01. The van der Waals surface area contributed by atoms with E-state index < -0.39 is 0 Å². The van der Waals surface area contributed by atoms with Gasteiger partial charge in [0.15, 0.2) is 4.34 Å². The van der Waals surface area contributed by atoms with Crippen LogP contribution in [0.25, 0.3) is 10.2 Å². The summed E-state index contributed by atoms with van der Waals surface area (Å²) in [4.78, 5) is 24.3. The van der Waals surface area contributed by atoms with Gasteiger partial charge < -0.3 is 0 Å². The van der Waals surface area contributed by atoms with Gasteiger partial charge in [-0.2, -0.15) is 0 Å². The van der Waals surface area contributed by atoms with E-state index >= 15 is 0 Å². The summed E-state index contributed by atoms with van der Waals surface area (Å²) in [5.41, 5.74) is 2.04. The van der Waals surface area contributed by atoms with E-state index in [1.807, 2.05) is 42.5 Å². The lowest BCUT2D eigenvalue weighted by molar-refractivity contribution is -0.116. The van der Waals surface area contributed by atoms with Gasteiger partial charge in [0.25, 0.3) is 0 Å². The summed E-state index contributed by atoms with van der Waals surface area (Å²) in [6, 6.07) is 17.7. The third-order valence-electron chi connectivity index (χ3n) is 3.99. The number of anilines is 1. The molecule has 0 unspecified atom stereocenters. The van der Waals surface area contributed by atoms with Gasteiger partial charge in [-0.05, 0) is 24.1 Å². The summed E-state index contributed by atoms with van der Waals surface area (Å²) in [6.07, 6.45) is 0.945. The summed E-state index contributed by atoms with van der Waals surface area (Å²) in [5.74, 6) is 0.603. The van der Waals surface area contributed by atoms with Gasteiger partial charge in [0, 0.05) is 5.75 Å². The lowest BCUT2D eigenvalue weighted by Gasteiger charge is -2.03. The monoisotopic (exact) mass is 428 g/mol. The number of nitrogens with one attached hydrogen (secondary N) is 1. The first-order chi connectivity index (χ1) is 13.7. The molecule has 28 heavy (non-hydrogen) atoms. The van der Waals surface area contributed by atoms with Crippen molar-refractivity contribution in [3.8, 4) is 0 Å². The molecule has 2 aromatic carbocycles. The number of aryl methyl sites for hydroxylation is 1. The molecule has 1 amide bonds. The number of para-hydroxylation sites is 1. The van der Waals surface area contributed by atoms with Crippen LogP contribution in [0.4, 0.5) is 5.13 Å². The molecule has 2 aromatic heterocycles. The Labute approximate surface area is 173 Å². The average Bonchev–Trinajstić information content (AvgIpc) is 3.27. The van der Waals surface area contributed by atoms with Crippen LogP contribution in [-0.4, -0.2) is 26.4 Å². The van der Waals surface area contributed by atoms with Gasteiger partial charge in [-0.15, -0.1) is 10.2 Å². The van der Waals surface area contributed by atoms with E-state index in [1.54, 1.807) is 11.8 Å². The fraction of sp³-hybridized carbons (Fsp3) is 0.158. The molecule has 0 saturated heterocycles. The molecule has 0 saturated carbocycles. The van der Waals surface area contributed by atoms with Crippen LogP contribution in [0.1, 0.15) is 5.56 Å². The molecule has 0 aliphatic carbocycles. The Balaban J connectivity index is 1.34. The summed E-state index contributed by atoms with van der Waals surface area (Å²) >= 11 is 4.09. The highest BCUT2D eigenvalue weighted by atomic mass is 32.2. The Kier molecular flexibility index (Phi) is 5.84. The van der Waals surface area contributed by atoms with Crippen LogP contribution < -0.4 is 10.2 Å². The van der Waals surface area contributed by atoms with E-state index in [2.05, 4.69) is 27.6 Å². The topological polar surface area (TPSA) is 76.9 Å². The molecule has 0 radical (unpaired) electrons. The van der Waals surface area contributed by atoms with Crippen molar-refractivity contribution < 1.29 is 4.79 Å². The number of fused-ring (bicyclic) bond motifs is 1. The molecule has 0 bridgehead atoms. The van der Waals surface area contributed by atoms with Gasteiger partial charge in [-0.25, -0.2) is 0 Å². The maximum atomic E-state index is 12.3. The third kappa shape index (κ3) is 4.49. The number of nitrogens with zero attached hydrogens (tertiary/aromatic N) is 3. The number of amides is 1. The van der Waals surface area contributed by atoms with Crippen molar-refractivity contribution >= 4 is 55.7 Å². The van der Waals surface area contributed by atoms with Crippen molar-refractivity contribution in [2.24, 2.45) is 0 Å². The lowest BCUT2D eigenvalue weighted by atomic mass is 10.2. The normalized spacial score (nSPS) is 11.0. The number of thiazole rings is 1. The van der Waals surface area contributed by atoms with Gasteiger partial charge in [0.2, 0.25) is 11.0 Å². The Morgan fingerprint density at radius 1 is 1.04 bits per heavy atom. The maximum absolute atomic E-state index is 12.3. The van der Waals surface area contributed by atoms with Crippen LogP contribution in [0.2, 0.25) is 0 Å². The molecule has 0 fully saturated rings. The first-order valence-corrected chi connectivity index (χ1v) is 11.2. The lowest BCUT2D eigenvalue weighted by Crippen LogP contribution is -2.24. The van der Waals surface area contributed by atoms with Crippen molar-refractivity contribution in [3.05, 3.63) is 69.8 Å². The molecule has 2 heterocycles. The number of carbonyl (C=O) groups is 1. The van der Waals surface area contributed by atoms with E-state index in [0.29, 0.717) is 5.13 Å². The molecule has 6 nitrogen and oxygen atoms in total. The molecular weight excluding hydrogens is 412 g/mol. The second-order valence-electron chi connectivity index (χ2n) is 5.93. The fourth-order valence-corrected chi connectivity index (χ4v) is 5.40. The maximum Gasteiger partial charge on any atom is 0.308 e. The number of benzene rings is 2. The van der Waals surface area contributed by atoms with E-state index in [-0.39, 0.29) is 17.3 Å². The van der Waals surface area contributed by atoms with Crippen molar-refractivity contribution in [1.82, 2.24) is 14.8 Å². The molecule has 4 aromatic rings. The van der Waals surface area contributed by atoms with Gasteiger partial charge in [0.05, 0.1) is 10.2 Å². The van der Waals surface area contributed by atoms with Gasteiger partial charge in [-0.1, -0.05) is 76.9 Å². The van der Waals surface area contributed by atoms with Crippen LogP contribution >= 0.6 is 34.4 Å². The molecule has 142 valence electrons. The highest BCUT2D eigenvalue weighted by Gasteiger charge is 2.13. The third-order valence-corrected chi connectivity index (χ3v) is 6.92.